The van der Waals surface area contributed by atoms with Gasteiger partial charge in [0.1, 0.15) is 11.3 Å². The Morgan fingerprint density at radius 1 is 1.04 bits per heavy atom. The summed E-state index contributed by atoms with van der Waals surface area (Å²) in [7, 11) is 1.59. The minimum Gasteiger partial charge on any atom is -0.497 e. The van der Waals surface area contributed by atoms with Crippen molar-refractivity contribution in [2.45, 2.75) is 0 Å². The third kappa shape index (κ3) is 3.37. The van der Waals surface area contributed by atoms with Crippen molar-refractivity contribution in [2.24, 2.45) is 0 Å². The van der Waals surface area contributed by atoms with Crippen molar-refractivity contribution in [3.63, 3.8) is 0 Å². The average Bonchev–Trinajstić information content (AvgIpc) is 2.62. The summed E-state index contributed by atoms with van der Waals surface area (Å²) in [6.07, 6.45) is 4.49. The van der Waals surface area contributed by atoms with E-state index in [0.29, 0.717) is 17.1 Å². The molecule has 114 valence electrons. The normalized spacial score (nSPS) is 10.8. The summed E-state index contributed by atoms with van der Waals surface area (Å²) in [6, 6.07) is 16.4. The first-order valence-electron chi connectivity index (χ1n) is 7.13. The van der Waals surface area contributed by atoms with Gasteiger partial charge in [-0.25, -0.2) is 0 Å². The first kappa shape index (κ1) is 14.8. The molecule has 0 aliphatic rings. The molecule has 3 rings (SSSR count). The molecule has 0 radical (unpaired) electrons. The number of fused-ring (bicyclic) bond motifs is 1. The van der Waals surface area contributed by atoms with Crippen LogP contribution in [0.4, 0.5) is 0 Å². The first-order valence-corrected chi connectivity index (χ1v) is 7.13. The highest BCUT2D eigenvalue weighted by Crippen LogP contribution is 2.23. The number of ether oxygens (including phenoxy) is 2. The fraction of sp³-hybridized carbons (Fsp3) is 0.0526. The average molecular weight is 305 g/mol. The molecule has 0 unspecified atom stereocenters. The van der Waals surface area contributed by atoms with Crippen LogP contribution in [0, 0.1) is 0 Å². The molecule has 0 saturated heterocycles. The van der Waals surface area contributed by atoms with E-state index in [1.807, 2.05) is 30.3 Å². The van der Waals surface area contributed by atoms with Gasteiger partial charge in [-0.15, -0.1) is 0 Å². The van der Waals surface area contributed by atoms with Crippen LogP contribution < -0.4 is 9.47 Å². The second-order valence-corrected chi connectivity index (χ2v) is 4.84. The molecule has 1 aromatic heterocycles. The van der Waals surface area contributed by atoms with E-state index in [2.05, 4.69) is 4.98 Å². The van der Waals surface area contributed by atoms with Crippen molar-refractivity contribution in [3.05, 3.63) is 78.7 Å². The Morgan fingerprint density at radius 3 is 2.61 bits per heavy atom. The number of aromatic nitrogens is 1. The van der Waals surface area contributed by atoms with Gasteiger partial charge in [0.05, 0.1) is 13.4 Å². The Hall–Kier alpha value is -3.14. The number of allylic oxidation sites excluding steroid dienone is 1. The van der Waals surface area contributed by atoms with E-state index >= 15 is 0 Å². The Kier molecular flexibility index (Phi) is 4.34. The number of pyridine rings is 1. The fourth-order valence-electron chi connectivity index (χ4n) is 2.19. The van der Waals surface area contributed by atoms with Gasteiger partial charge >= 0.3 is 0 Å². The predicted octanol–water partition coefficient (Wildman–Crippen LogP) is 4.02. The molecule has 0 bridgehead atoms. The number of benzene rings is 2. The van der Waals surface area contributed by atoms with E-state index < -0.39 is 0 Å². The molecule has 0 fully saturated rings. The quantitative estimate of drug-likeness (QED) is 0.406. The number of rotatable bonds is 5. The van der Waals surface area contributed by atoms with Crippen LogP contribution in [0.5, 0.6) is 11.5 Å². The van der Waals surface area contributed by atoms with Gasteiger partial charge in [-0.2, -0.15) is 0 Å². The van der Waals surface area contributed by atoms with Crippen LogP contribution in [0.15, 0.2) is 73.1 Å². The third-order valence-electron chi connectivity index (χ3n) is 3.38. The molecule has 2 aromatic carbocycles. The second-order valence-electron chi connectivity index (χ2n) is 4.84. The molecule has 0 spiro atoms. The van der Waals surface area contributed by atoms with Gasteiger partial charge in [-0.3, -0.25) is 9.78 Å². The molecule has 0 amide bonds. The van der Waals surface area contributed by atoms with E-state index in [9.17, 15) is 4.79 Å². The minimum absolute atomic E-state index is 0.138. The highest BCUT2D eigenvalue weighted by Gasteiger charge is 2.03. The SMILES string of the molecule is COc1ccc(C(=O)C=COc2cccc3cccnc23)cc1. The number of methoxy groups -OCH3 is 1. The van der Waals surface area contributed by atoms with E-state index in [1.54, 1.807) is 37.6 Å². The van der Waals surface area contributed by atoms with E-state index in [0.717, 1.165) is 10.9 Å². The van der Waals surface area contributed by atoms with Crippen molar-refractivity contribution in [2.75, 3.05) is 7.11 Å². The Labute approximate surface area is 134 Å². The maximum absolute atomic E-state index is 12.1. The highest BCUT2D eigenvalue weighted by atomic mass is 16.5. The smallest absolute Gasteiger partial charge is 0.188 e. The Bertz CT molecular complexity index is 849. The summed E-state index contributed by atoms with van der Waals surface area (Å²) >= 11 is 0. The predicted molar refractivity (Wildman–Crippen MR) is 88.8 cm³/mol. The first-order chi connectivity index (χ1) is 11.3. The lowest BCUT2D eigenvalue weighted by atomic mass is 10.1. The van der Waals surface area contributed by atoms with Gasteiger partial charge in [0, 0.05) is 23.2 Å². The van der Waals surface area contributed by atoms with Crippen molar-refractivity contribution in [1.29, 1.82) is 0 Å². The molecule has 0 aliphatic heterocycles. The van der Waals surface area contributed by atoms with Gasteiger partial charge in [-0.05, 0) is 36.4 Å². The minimum atomic E-state index is -0.138. The van der Waals surface area contributed by atoms with Crippen LogP contribution in [-0.2, 0) is 0 Å². The Morgan fingerprint density at radius 2 is 1.83 bits per heavy atom. The summed E-state index contributed by atoms with van der Waals surface area (Å²) in [4.78, 5) is 16.4. The van der Waals surface area contributed by atoms with Gasteiger partial charge < -0.3 is 9.47 Å². The third-order valence-corrected chi connectivity index (χ3v) is 3.38. The lowest BCUT2D eigenvalue weighted by molar-refractivity contribution is 0.104. The summed E-state index contributed by atoms with van der Waals surface area (Å²) in [5.74, 6) is 1.19. The van der Waals surface area contributed by atoms with Crippen molar-refractivity contribution in [3.8, 4) is 11.5 Å². The summed E-state index contributed by atoms with van der Waals surface area (Å²) in [5, 5.41) is 0.986. The molecule has 4 nitrogen and oxygen atoms in total. The van der Waals surface area contributed by atoms with Crippen molar-refractivity contribution >= 4 is 16.7 Å². The van der Waals surface area contributed by atoms with Gasteiger partial charge in [0.15, 0.2) is 11.5 Å². The van der Waals surface area contributed by atoms with E-state index in [1.165, 1.54) is 12.3 Å². The van der Waals surface area contributed by atoms with Crippen LogP contribution >= 0.6 is 0 Å². The molecule has 0 atom stereocenters. The lowest BCUT2D eigenvalue weighted by Gasteiger charge is -2.04. The molecule has 3 aromatic rings. The molecular formula is C19H15NO3. The van der Waals surface area contributed by atoms with Gasteiger partial charge in [0.25, 0.3) is 0 Å². The van der Waals surface area contributed by atoms with Gasteiger partial charge in [-0.1, -0.05) is 18.2 Å². The van der Waals surface area contributed by atoms with Crippen LogP contribution in [0.25, 0.3) is 10.9 Å². The molecule has 23 heavy (non-hydrogen) atoms. The number of ketones is 1. The Balaban J connectivity index is 1.73. The zero-order chi connectivity index (χ0) is 16.1. The summed E-state index contributed by atoms with van der Waals surface area (Å²) < 4.78 is 10.6. The number of carbonyl (C=O) groups is 1. The van der Waals surface area contributed by atoms with E-state index in [-0.39, 0.29) is 5.78 Å². The topological polar surface area (TPSA) is 48.4 Å². The number of hydrogen-bond donors (Lipinski definition) is 0. The van der Waals surface area contributed by atoms with Gasteiger partial charge in [0.2, 0.25) is 0 Å². The molecular weight excluding hydrogens is 290 g/mol. The summed E-state index contributed by atoms with van der Waals surface area (Å²) in [6.45, 7) is 0. The number of nitrogens with zero attached hydrogens (tertiary/aromatic N) is 1. The monoisotopic (exact) mass is 305 g/mol. The van der Waals surface area contributed by atoms with Crippen molar-refractivity contribution in [1.82, 2.24) is 4.98 Å². The molecule has 1 heterocycles. The maximum atomic E-state index is 12.1. The van der Waals surface area contributed by atoms with Crippen LogP contribution in [-0.4, -0.2) is 17.9 Å². The van der Waals surface area contributed by atoms with Crippen LogP contribution in [0.3, 0.4) is 0 Å². The van der Waals surface area contributed by atoms with Crippen molar-refractivity contribution < 1.29 is 14.3 Å². The number of hydrogen-bond acceptors (Lipinski definition) is 4. The zero-order valence-corrected chi connectivity index (χ0v) is 12.6. The number of carbonyl (C=O) groups excluding carboxylic acids is 1. The summed E-state index contributed by atoms with van der Waals surface area (Å²) in [5.41, 5.74) is 1.33. The maximum Gasteiger partial charge on any atom is 0.188 e. The standard InChI is InChI=1S/C19H15NO3/c1-22-16-9-7-14(8-10-16)17(21)11-13-23-18-6-2-4-15-5-3-12-20-19(15)18/h2-13H,1H3. The largest absolute Gasteiger partial charge is 0.497 e. The molecule has 0 saturated carbocycles. The second kappa shape index (κ2) is 6.75. The fourth-order valence-corrected chi connectivity index (χ4v) is 2.19. The zero-order valence-electron chi connectivity index (χ0n) is 12.6. The number of para-hydroxylation sites is 1. The highest BCUT2D eigenvalue weighted by molar-refractivity contribution is 6.04. The lowest BCUT2D eigenvalue weighted by Crippen LogP contribution is -1.95. The van der Waals surface area contributed by atoms with E-state index in [4.69, 9.17) is 9.47 Å². The van der Waals surface area contributed by atoms with Crippen LogP contribution in [0.1, 0.15) is 10.4 Å². The molecule has 0 N–H and O–H groups in total. The molecule has 4 heteroatoms. The van der Waals surface area contributed by atoms with Crippen LogP contribution in [0.2, 0.25) is 0 Å². The molecule has 0 aliphatic carbocycles.